The first kappa shape index (κ1) is 35.9. The van der Waals surface area contributed by atoms with Gasteiger partial charge in [-0.25, -0.2) is 9.36 Å². The number of carbonyl (C=O) groups is 4. The molecule has 5 rings (SSSR count). The number of fused-ring (bicyclic) bond motifs is 4. The molecule has 2 aromatic heterocycles. The van der Waals surface area contributed by atoms with Crippen LogP contribution in [-0.2, 0) is 45.1 Å². The van der Waals surface area contributed by atoms with Crippen LogP contribution < -0.4 is 21.3 Å². The van der Waals surface area contributed by atoms with Gasteiger partial charge in [-0.2, -0.15) is 0 Å². The predicted molar refractivity (Wildman–Crippen MR) is 185 cm³/mol. The normalized spacial score (nSPS) is 20.9. The summed E-state index contributed by atoms with van der Waals surface area (Å²) in [4.78, 5) is 55.1. The summed E-state index contributed by atoms with van der Waals surface area (Å²) in [6.45, 7) is 8.04. The Morgan fingerprint density at radius 2 is 0.980 bits per heavy atom. The molecule has 0 radical (unpaired) electrons. The number of carbonyl (C=O) groups excluding carboxylic acids is 4. The zero-order chi connectivity index (χ0) is 35.6. The van der Waals surface area contributed by atoms with Crippen molar-refractivity contribution in [3.05, 3.63) is 95.6 Å². The van der Waals surface area contributed by atoms with Crippen molar-refractivity contribution in [3.63, 3.8) is 0 Å². The molecule has 14 heteroatoms. The summed E-state index contributed by atoms with van der Waals surface area (Å²) in [5.41, 5.74) is 2.62. The second-order valence-electron chi connectivity index (χ2n) is 13.6. The average Bonchev–Trinajstić information content (AvgIpc) is 3.77. The van der Waals surface area contributed by atoms with Gasteiger partial charge in [-0.3, -0.25) is 19.2 Å². The molecule has 4 bridgehead atoms. The average molecular weight is 683 g/mol. The van der Waals surface area contributed by atoms with E-state index >= 15 is 0 Å². The van der Waals surface area contributed by atoms with Crippen molar-refractivity contribution in [2.24, 2.45) is 11.8 Å². The number of hydrogen-bond donors (Lipinski definition) is 4. The molecule has 0 fully saturated rings. The first-order valence-electron chi connectivity index (χ1n) is 17.1. The Kier molecular flexibility index (Phi) is 12.1. The van der Waals surface area contributed by atoms with Crippen LogP contribution >= 0.6 is 0 Å². The van der Waals surface area contributed by atoms with Crippen LogP contribution in [0.5, 0.6) is 0 Å². The van der Waals surface area contributed by atoms with Gasteiger partial charge in [-0.05, 0) is 35.8 Å². The lowest BCUT2D eigenvalue weighted by Crippen LogP contribution is -2.50. The van der Waals surface area contributed by atoms with E-state index in [-0.39, 0.29) is 49.6 Å². The van der Waals surface area contributed by atoms with Gasteiger partial charge in [0.1, 0.15) is 35.6 Å². The van der Waals surface area contributed by atoms with Crippen molar-refractivity contribution >= 4 is 23.6 Å². The van der Waals surface area contributed by atoms with Gasteiger partial charge in [0.25, 0.3) is 0 Å². The lowest BCUT2D eigenvalue weighted by molar-refractivity contribution is -0.131. The van der Waals surface area contributed by atoms with Crippen molar-refractivity contribution in [2.45, 2.75) is 90.6 Å². The number of nitrogens with zero attached hydrogens (tertiary/aromatic N) is 6. The summed E-state index contributed by atoms with van der Waals surface area (Å²) in [5.74, 6) is -1.30. The molecule has 4 amide bonds. The molecule has 3 heterocycles. The monoisotopic (exact) mass is 682 g/mol. The van der Waals surface area contributed by atoms with E-state index < -0.39 is 36.0 Å². The maximum atomic E-state index is 13.9. The van der Waals surface area contributed by atoms with E-state index in [9.17, 15) is 19.2 Å². The molecule has 0 aliphatic carbocycles. The Bertz CT molecular complexity index is 1610. The minimum Gasteiger partial charge on any atom is -0.349 e. The van der Waals surface area contributed by atoms with Crippen molar-refractivity contribution in [2.75, 3.05) is 0 Å². The smallest absolute Gasteiger partial charge is 0.245 e. The van der Waals surface area contributed by atoms with Gasteiger partial charge in [-0.1, -0.05) is 98.8 Å². The zero-order valence-electron chi connectivity index (χ0n) is 29.0. The molecule has 4 atom stereocenters. The molecule has 0 saturated carbocycles. The standard InChI is InChI=1S/C36H46N10O4/c1-23(2)15-31-35(49)39-29(17-25-11-7-5-8-12-25)33(47)38-20-28-22-46(44-42-28)32(16-24(3)4)36(50)40-30(18-26-13-9-6-10-14-26)34(48)37-19-27-21-45(31)43-41-27/h5-14,21-24,29-32H,15-20H2,1-4H3,(H,37,48)(H,38,47)(H,39,49)(H,40,50)/t29-,30-,31?,32?/m0/s1. The maximum absolute atomic E-state index is 13.9. The van der Waals surface area contributed by atoms with Crippen LogP contribution in [0, 0.1) is 11.8 Å². The predicted octanol–water partition coefficient (Wildman–Crippen LogP) is 2.45. The molecule has 1 aliphatic rings. The van der Waals surface area contributed by atoms with Gasteiger partial charge in [0, 0.05) is 12.8 Å². The number of benzene rings is 2. The van der Waals surface area contributed by atoms with Gasteiger partial charge in [-0.15, -0.1) is 10.2 Å². The molecule has 2 aromatic carbocycles. The fourth-order valence-electron chi connectivity index (χ4n) is 5.91. The lowest BCUT2D eigenvalue weighted by Gasteiger charge is -2.24. The van der Waals surface area contributed by atoms with Crippen LogP contribution in [0.3, 0.4) is 0 Å². The third kappa shape index (κ3) is 9.83. The summed E-state index contributed by atoms with van der Waals surface area (Å²) in [6.07, 6.45) is 4.64. The van der Waals surface area contributed by atoms with E-state index in [0.717, 1.165) is 11.1 Å². The summed E-state index contributed by atoms with van der Waals surface area (Å²) in [6, 6.07) is 15.6. The van der Waals surface area contributed by atoms with E-state index in [1.54, 1.807) is 12.4 Å². The van der Waals surface area contributed by atoms with E-state index in [1.807, 2.05) is 88.4 Å². The number of aromatic nitrogens is 6. The minimum atomic E-state index is -0.900. The highest BCUT2D eigenvalue weighted by molar-refractivity contribution is 5.90. The third-order valence-electron chi connectivity index (χ3n) is 8.47. The third-order valence-corrected chi connectivity index (χ3v) is 8.47. The van der Waals surface area contributed by atoms with Gasteiger partial charge in [0.2, 0.25) is 23.6 Å². The van der Waals surface area contributed by atoms with Crippen LogP contribution in [0.25, 0.3) is 0 Å². The highest BCUT2D eigenvalue weighted by atomic mass is 16.2. The number of nitrogens with one attached hydrogen (secondary N) is 4. The molecule has 50 heavy (non-hydrogen) atoms. The maximum Gasteiger partial charge on any atom is 0.245 e. The van der Waals surface area contributed by atoms with Gasteiger partial charge in [0.15, 0.2) is 0 Å². The van der Waals surface area contributed by atoms with Crippen molar-refractivity contribution in [3.8, 4) is 0 Å². The van der Waals surface area contributed by atoms with Gasteiger partial charge in [0.05, 0.1) is 25.5 Å². The Hall–Kier alpha value is -5.40. The number of amides is 4. The molecule has 4 N–H and O–H groups in total. The fraction of sp³-hybridized carbons (Fsp3) is 0.444. The first-order valence-corrected chi connectivity index (χ1v) is 17.1. The molecular formula is C36H46N10O4. The lowest BCUT2D eigenvalue weighted by atomic mass is 10.0. The van der Waals surface area contributed by atoms with Crippen molar-refractivity contribution < 1.29 is 19.2 Å². The largest absolute Gasteiger partial charge is 0.349 e. The summed E-state index contributed by atoms with van der Waals surface area (Å²) < 4.78 is 2.95. The Balaban J connectivity index is 1.48. The number of rotatable bonds is 8. The van der Waals surface area contributed by atoms with E-state index in [0.29, 0.717) is 24.2 Å². The van der Waals surface area contributed by atoms with E-state index in [4.69, 9.17) is 0 Å². The molecule has 0 saturated heterocycles. The fourth-order valence-corrected chi connectivity index (χ4v) is 5.91. The Morgan fingerprint density at radius 1 is 0.600 bits per heavy atom. The molecule has 1 aliphatic heterocycles. The minimum absolute atomic E-state index is 0.0247. The SMILES string of the molecule is CC(C)CC1C(=O)N[C@@H](Cc2ccccc2)C(=O)NCc2cn(nn2)C(CC(C)C)C(=O)N[C@@H](Cc2ccccc2)C(=O)NCc2cn1nn2. The second-order valence-corrected chi connectivity index (χ2v) is 13.6. The van der Waals surface area contributed by atoms with Crippen LogP contribution in [0.1, 0.15) is 75.1 Å². The van der Waals surface area contributed by atoms with Crippen molar-refractivity contribution in [1.82, 2.24) is 51.3 Å². The molecule has 4 aromatic rings. The summed E-state index contributed by atoms with van der Waals surface area (Å²) in [7, 11) is 0. The molecular weight excluding hydrogens is 636 g/mol. The summed E-state index contributed by atoms with van der Waals surface area (Å²) in [5, 5.41) is 28.7. The van der Waals surface area contributed by atoms with Crippen molar-refractivity contribution in [1.29, 1.82) is 0 Å². The zero-order valence-corrected chi connectivity index (χ0v) is 29.0. The quantitative estimate of drug-likeness (QED) is 0.219. The first-order chi connectivity index (χ1) is 24.0. The van der Waals surface area contributed by atoms with Crippen LogP contribution in [0.15, 0.2) is 73.1 Å². The second kappa shape index (κ2) is 16.8. The van der Waals surface area contributed by atoms with Gasteiger partial charge >= 0.3 is 0 Å². The van der Waals surface area contributed by atoms with Crippen LogP contribution in [0.4, 0.5) is 0 Å². The highest BCUT2D eigenvalue weighted by Gasteiger charge is 2.31. The topological polar surface area (TPSA) is 178 Å². The molecule has 2 unspecified atom stereocenters. The molecule has 264 valence electrons. The van der Waals surface area contributed by atoms with Crippen LogP contribution in [0.2, 0.25) is 0 Å². The molecule has 14 nitrogen and oxygen atoms in total. The van der Waals surface area contributed by atoms with Gasteiger partial charge < -0.3 is 21.3 Å². The van der Waals surface area contributed by atoms with Crippen LogP contribution in [-0.4, -0.2) is 65.7 Å². The molecule has 0 spiro atoms. The Labute approximate surface area is 291 Å². The van der Waals surface area contributed by atoms with E-state index in [2.05, 4.69) is 41.9 Å². The highest BCUT2D eigenvalue weighted by Crippen LogP contribution is 2.20. The number of hydrogen-bond acceptors (Lipinski definition) is 8. The summed E-state index contributed by atoms with van der Waals surface area (Å²) >= 11 is 0. The van der Waals surface area contributed by atoms with E-state index in [1.165, 1.54) is 9.36 Å². The Morgan fingerprint density at radius 3 is 1.34 bits per heavy atom.